The highest BCUT2D eigenvalue weighted by Crippen LogP contribution is 2.36. The van der Waals surface area contributed by atoms with Crippen LogP contribution in [-0.2, 0) is 24.3 Å². The first kappa shape index (κ1) is 14.1. The van der Waals surface area contributed by atoms with Crippen molar-refractivity contribution in [2.24, 2.45) is 0 Å². The van der Waals surface area contributed by atoms with Crippen molar-refractivity contribution in [1.29, 1.82) is 0 Å². The molecule has 1 atom stereocenters. The van der Waals surface area contributed by atoms with Crippen LogP contribution in [0, 0.1) is 0 Å². The minimum absolute atomic E-state index is 0.332. The number of nitrogens with one attached hydrogen (secondary N) is 1. The van der Waals surface area contributed by atoms with Crippen LogP contribution in [0.4, 0.5) is 0 Å². The summed E-state index contributed by atoms with van der Waals surface area (Å²) >= 11 is 0. The molecule has 1 aliphatic rings. The summed E-state index contributed by atoms with van der Waals surface area (Å²) in [5, 5.41) is 13.5. The second kappa shape index (κ2) is 6.29. The number of phenolic OH excluding ortho intramolecular Hbond substituents is 1. The van der Waals surface area contributed by atoms with Gasteiger partial charge >= 0.3 is 0 Å². The Balaban J connectivity index is 1.67. The van der Waals surface area contributed by atoms with Gasteiger partial charge in [-0.1, -0.05) is 36.4 Å². The predicted molar refractivity (Wildman–Crippen MR) is 83.2 cm³/mol. The quantitative estimate of drug-likeness (QED) is 0.884. The van der Waals surface area contributed by atoms with Gasteiger partial charge in [-0.15, -0.1) is 0 Å². The van der Waals surface area contributed by atoms with Crippen molar-refractivity contribution in [1.82, 2.24) is 5.32 Å². The lowest BCUT2D eigenvalue weighted by Gasteiger charge is -2.15. The number of aromatic hydroxyl groups is 1. The standard InChI is InChI=1S/C18H21NO2/c1-21-12-14-5-2-4-13(10-14)11-19-17-9-8-16-15(17)6-3-7-18(16)20/h2-7,10,17,19-20H,8-9,11-12H2,1H3. The van der Waals surface area contributed by atoms with E-state index < -0.39 is 0 Å². The van der Waals surface area contributed by atoms with Crippen LogP contribution >= 0.6 is 0 Å². The highest BCUT2D eigenvalue weighted by atomic mass is 16.5. The van der Waals surface area contributed by atoms with Gasteiger partial charge in [0.25, 0.3) is 0 Å². The van der Waals surface area contributed by atoms with Crippen LogP contribution in [0.1, 0.15) is 34.7 Å². The normalized spacial score (nSPS) is 16.9. The molecule has 3 heteroatoms. The van der Waals surface area contributed by atoms with Gasteiger partial charge in [-0.2, -0.15) is 0 Å². The van der Waals surface area contributed by atoms with Crippen LogP contribution in [0.3, 0.4) is 0 Å². The van der Waals surface area contributed by atoms with Crippen molar-refractivity contribution < 1.29 is 9.84 Å². The zero-order valence-electron chi connectivity index (χ0n) is 12.3. The summed E-state index contributed by atoms with van der Waals surface area (Å²) in [6.07, 6.45) is 1.99. The summed E-state index contributed by atoms with van der Waals surface area (Å²) in [4.78, 5) is 0. The molecule has 0 spiro atoms. The molecule has 0 amide bonds. The third-order valence-corrected chi connectivity index (χ3v) is 4.10. The molecule has 110 valence electrons. The Morgan fingerprint density at radius 2 is 2.00 bits per heavy atom. The van der Waals surface area contributed by atoms with Crippen molar-refractivity contribution >= 4 is 0 Å². The lowest BCUT2D eigenvalue weighted by atomic mass is 10.1. The summed E-state index contributed by atoms with van der Waals surface area (Å²) in [7, 11) is 1.72. The van der Waals surface area contributed by atoms with Crippen molar-refractivity contribution in [2.75, 3.05) is 7.11 Å². The van der Waals surface area contributed by atoms with Crippen LogP contribution in [0.15, 0.2) is 42.5 Å². The van der Waals surface area contributed by atoms with Crippen LogP contribution in [0.2, 0.25) is 0 Å². The Morgan fingerprint density at radius 3 is 2.86 bits per heavy atom. The summed E-state index contributed by atoms with van der Waals surface area (Å²) in [5.74, 6) is 0.430. The molecular formula is C18H21NO2. The number of rotatable bonds is 5. The summed E-state index contributed by atoms with van der Waals surface area (Å²) in [6.45, 7) is 1.48. The molecule has 0 radical (unpaired) electrons. The molecule has 2 N–H and O–H groups in total. The van der Waals surface area contributed by atoms with E-state index in [0.717, 1.165) is 24.9 Å². The van der Waals surface area contributed by atoms with E-state index in [4.69, 9.17) is 4.74 Å². The van der Waals surface area contributed by atoms with E-state index in [9.17, 15) is 5.11 Å². The molecule has 0 bridgehead atoms. The summed E-state index contributed by atoms with van der Waals surface area (Å²) in [5.41, 5.74) is 4.80. The first-order valence-electron chi connectivity index (χ1n) is 7.39. The maximum atomic E-state index is 9.89. The molecule has 21 heavy (non-hydrogen) atoms. The molecule has 0 fully saturated rings. The molecule has 2 aromatic rings. The lowest BCUT2D eigenvalue weighted by Crippen LogP contribution is -2.18. The molecule has 1 unspecified atom stereocenters. The van der Waals surface area contributed by atoms with Gasteiger partial charge in [0.1, 0.15) is 5.75 Å². The number of hydrogen-bond acceptors (Lipinski definition) is 3. The number of phenols is 1. The SMILES string of the molecule is COCc1cccc(CNC2CCc3c(O)cccc32)c1. The first-order chi connectivity index (χ1) is 10.3. The molecule has 3 nitrogen and oxygen atoms in total. The fraction of sp³-hybridized carbons (Fsp3) is 0.333. The minimum Gasteiger partial charge on any atom is -0.508 e. The fourth-order valence-electron chi connectivity index (χ4n) is 3.08. The Labute approximate surface area is 125 Å². The van der Waals surface area contributed by atoms with E-state index in [1.807, 2.05) is 6.07 Å². The second-order valence-corrected chi connectivity index (χ2v) is 5.57. The number of methoxy groups -OCH3 is 1. The van der Waals surface area contributed by atoms with Gasteiger partial charge in [0.15, 0.2) is 0 Å². The van der Waals surface area contributed by atoms with Crippen molar-refractivity contribution in [2.45, 2.75) is 32.0 Å². The third kappa shape index (κ3) is 3.09. The smallest absolute Gasteiger partial charge is 0.119 e. The summed E-state index contributed by atoms with van der Waals surface area (Å²) in [6, 6.07) is 14.6. The molecule has 0 saturated heterocycles. The van der Waals surface area contributed by atoms with Crippen molar-refractivity contribution in [3.05, 3.63) is 64.7 Å². The molecule has 1 aliphatic carbocycles. The van der Waals surface area contributed by atoms with Gasteiger partial charge in [0.05, 0.1) is 6.61 Å². The topological polar surface area (TPSA) is 41.5 Å². The van der Waals surface area contributed by atoms with Gasteiger partial charge in [-0.05, 0) is 41.2 Å². The van der Waals surface area contributed by atoms with E-state index in [0.29, 0.717) is 18.4 Å². The highest BCUT2D eigenvalue weighted by molar-refractivity contribution is 5.44. The van der Waals surface area contributed by atoms with Crippen LogP contribution < -0.4 is 5.32 Å². The van der Waals surface area contributed by atoms with Gasteiger partial charge in [-0.3, -0.25) is 0 Å². The average molecular weight is 283 g/mol. The molecule has 0 heterocycles. The van der Waals surface area contributed by atoms with E-state index >= 15 is 0 Å². The van der Waals surface area contributed by atoms with E-state index in [-0.39, 0.29) is 0 Å². The maximum Gasteiger partial charge on any atom is 0.119 e. The number of ether oxygens (including phenoxy) is 1. The Hall–Kier alpha value is -1.84. The first-order valence-corrected chi connectivity index (χ1v) is 7.39. The average Bonchev–Trinajstić information content (AvgIpc) is 2.91. The zero-order chi connectivity index (χ0) is 14.7. The molecular weight excluding hydrogens is 262 g/mol. The lowest BCUT2D eigenvalue weighted by molar-refractivity contribution is 0.185. The fourth-order valence-corrected chi connectivity index (χ4v) is 3.08. The monoisotopic (exact) mass is 283 g/mol. The van der Waals surface area contributed by atoms with Crippen LogP contribution in [0.5, 0.6) is 5.75 Å². The van der Waals surface area contributed by atoms with Crippen molar-refractivity contribution in [3.8, 4) is 5.75 Å². The third-order valence-electron chi connectivity index (χ3n) is 4.10. The predicted octanol–water partition coefficient (Wildman–Crippen LogP) is 3.32. The summed E-state index contributed by atoms with van der Waals surface area (Å²) < 4.78 is 5.17. The van der Waals surface area contributed by atoms with E-state index in [2.05, 4.69) is 35.6 Å². The Morgan fingerprint density at radius 1 is 1.19 bits per heavy atom. The molecule has 0 saturated carbocycles. The van der Waals surface area contributed by atoms with Gasteiger partial charge < -0.3 is 15.2 Å². The van der Waals surface area contributed by atoms with Gasteiger partial charge in [0, 0.05) is 19.7 Å². The Bertz CT molecular complexity index is 624. The van der Waals surface area contributed by atoms with Gasteiger partial charge in [-0.25, -0.2) is 0 Å². The van der Waals surface area contributed by atoms with Gasteiger partial charge in [0.2, 0.25) is 0 Å². The van der Waals surface area contributed by atoms with Crippen LogP contribution in [0.25, 0.3) is 0 Å². The van der Waals surface area contributed by atoms with E-state index in [1.165, 1.54) is 16.7 Å². The largest absolute Gasteiger partial charge is 0.508 e. The van der Waals surface area contributed by atoms with E-state index in [1.54, 1.807) is 13.2 Å². The molecule has 0 aromatic heterocycles. The molecule has 3 rings (SSSR count). The van der Waals surface area contributed by atoms with Crippen molar-refractivity contribution in [3.63, 3.8) is 0 Å². The number of hydrogen-bond donors (Lipinski definition) is 2. The maximum absolute atomic E-state index is 9.89. The van der Waals surface area contributed by atoms with Crippen LogP contribution in [-0.4, -0.2) is 12.2 Å². The second-order valence-electron chi connectivity index (χ2n) is 5.57. The Kier molecular flexibility index (Phi) is 4.23. The zero-order valence-corrected chi connectivity index (χ0v) is 12.3. The minimum atomic E-state index is 0.332. The molecule has 2 aromatic carbocycles. The molecule has 0 aliphatic heterocycles. The number of benzene rings is 2. The number of fused-ring (bicyclic) bond motifs is 1. The highest BCUT2D eigenvalue weighted by Gasteiger charge is 2.23.